The first-order chi connectivity index (χ1) is 7.50. The van der Waals surface area contributed by atoms with Crippen LogP contribution in [0.5, 0.6) is 5.75 Å². The maximum atomic E-state index is 11.5. The zero-order valence-corrected chi connectivity index (χ0v) is 9.10. The Hall–Kier alpha value is -1.75. The van der Waals surface area contributed by atoms with Crippen LogP contribution in [0, 0.1) is 0 Å². The second-order valence-corrected chi connectivity index (χ2v) is 3.67. The van der Waals surface area contributed by atoms with Gasteiger partial charge in [-0.15, -0.1) is 0 Å². The number of nitrogens with two attached hydrogens (primary N) is 1. The van der Waals surface area contributed by atoms with Crippen molar-refractivity contribution >= 4 is 11.6 Å². The summed E-state index contributed by atoms with van der Waals surface area (Å²) < 4.78 is 0. The van der Waals surface area contributed by atoms with E-state index < -0.39 is 6.10 Å². The van der Waals surface area contributed by atoms with E-state index >= 15 is 0 Å². The fourth-order valence-electron chi connectivity index (χ4n) is 1.18. The van der Waals surface area contributed by atoms with Crippen LogP contribution in [0.3, 0.4) is 0 Å². The zero-order valence-electron chi connectivity index (χ0n) is 9.10. The van der Waals surface area contributed by atoms with Gasteiger partial charge in [-0.05, 0) is 31.5 Å². The summed E-state index contributed by atoms with van der Waals surface area (Å²) in [7, 11) is 0. The molecule has 1 unspecified atom stereocenters. The van der Waals surface area contributed by atoms with E-state index in [1.807, 2.05) is 0 Å². The molecule has 0 saturated carbocycles. The van der Waals surface area contributed by atoms with Gasteiger partial charge in [-0.3, -0.25) is 4.79 Å². The Balaban J connectivity index is 2.56. The van der Waals surface area contributed by atoms with Crippen molar-refractivity contribution < 1.29 is 15.0 Å². The average molecular weight is 224 g/mol. The first-order valence-corrected chi connectivity index (χ1v) is 5.05. The van der Waals surface area contributed by atoms with E-state index in [1.54, 1.807) is 6.92 Å². The Morgan fingerprint density at radius 1 is 1.56 bits per heavy atom. The number of anilines is 1. The molecule has 0 aromatic heterocycles. The van der Waals surface area contributed by atoms with Crippen molar-refractivity contribution in [3.63, 3.8) is 0 Å². The molecule has 1 amide bonds. The molecule has 0 fully saturated rings. The topological polar surface area (TPSA) is 95.6 Å². The van der Waals surface area contributed by atoms with Crippen LogP contribution >= 0.6 is 0 Å². The van der Waals surface area contributed by atoms with E-state index in [4.69, 9.17) is 10.8 Å². The van der Waals surface area contributed by atoms with Crippen LogP contribution in [0.15, 0.2) is 18.2 Å². The highest BCUT2D eigenvalue weighted by Crippen LogP contribution is 2.20. The number of benzene rings is 1. The third-order valence-corrected chi connectivity index (χ3v) is 2.14. The fraction of sp³-hybridized carbons (Fsp3) is 0.364. The number of aliphatic hydroxyl groups excluding tert-OH is 1. The number of carbonyl (C=O) groups is 1. The highest BCUT2D eigenvalue weighted by molar-refractivity contribution is 5.95. The number of rotatable bonds is 4. The third-order valence-electron chi connectivity index (χ3n) is 2.14. The largest absolute Gasteiger partial charge is 0.506 e. The van der Waals surface area contributed by atoms with Gasteiger partial charge in [-0.1, -0.05) is 0 Å². The number of phenolic OH excluding ortho intramolecular Hbond substituents is 1. The van der Waals surface area contributed by atoms with Crippen molar-refractivity contribution in [2.45, 2.75) is 19.4 Å². The van der Waals surface area contributed by atoms with E-state index in [0.29, 0.717) is 18.5 Å². The second kappa shape index (κ2) is 5.37. The van der Waals surface area contributed by atoms with Crippen molar-refractivity contribution in [2.75, 3.05) is 12.3 Å². The Morgan fingerprint density at radius 2 is 2.25 bits per heavy atom. The Labute approximate surface area is 93.9 Å². The number of carbonyl (C=O) groups excluding carboxylic acids is 1. The Morgan fingerprint density at radius 3 is 2.81 bits per heavy atom. The standard InChI is InChI=1S/C11H16N2O3/c1-7(14)4-5-13-11(16)8-2-3-9(12)10(15)6-8/h2-3,6-7,14-15H,4-5,12H2,1H3,(H,13,16). The predicted molar refractivity (Wildman–Crippen MR) is 61.2 cm³/mol. The first-order valence-electron chi connectivity index (χ1n) is 5.05. The van der Waals surface area contributed by atoms with E-state index in [9.17, 15) is 9.90 Å². The lowest BCUT2D eigenvalue weighted by molar-refractivity contribution is 0.0945. The van der Waals surface area contributed by atoms with E-state index in [-0.39, 0.29) is 17.3 Å². The van der Waals surface area contributed by atoms with Gasteiger partial charge in [0, 0.05) is 12.1 Å². The summed E-state index contributed by atoms with van der Waals surface area (Å²) in [6, 6.07) is 4.32. The second-order valence-electron chi connectivity index (χ2n) is 3.67. The molecular weight excluding hydrogens is 208 g/mol. The van der Waals surface area contributed by atoms with Gasteiger partial charge in [0.15, 0.2) is 0 Å². The molecule has 1 atom stereocenters. The first kappa shape index (κ1) is 12.3. The molecule has 1 aromatic carbocycles. The lowest BCUT2D eigenvalue weighted by Gasteiger charge is -2.07. The molecular formula is C11H16N2O3. The molecule has 1 aromatic rings. The van der Waals surface area contributed by atoms with Gasteiger partial charge in [-0.25, -0.2) is 0 Å². The smallest absolute Gasteiger partial charge is 0.251 e. The maximum absolute atomic E-state index is 11.5. The number of aromatic hydroxyl groups is 1. The molecule has 0 saturated heterocycles. The van der Waals surface area contributed by atoms with Crippen LogP contribution in [0.1, 0.15) is 23.7 Å². The summed E-state index contributed by atoms with van der Waals surface area (Å²) >= 11 is 0. The summed E-state index contributed by atoms with van der Waals surface area (Å²) in [5, 5.41) is 21.0. The number of nitrogen functional groups attached to an aromatic ring is 1. The van der Waals surface area contributed by atoms with Gasteiger partial charge in [-0.2, -0.15) is 0 Å². The summed E-state index contributed by atoms with van der Waals surface area (Å²) in [6.07, 6.45) is 0.0484. The summed E-state index contributed by atoms with van der Waals surface area (Å²) in [5.74, 6) is -0.404. The molecule has 0 heterocycles. The van der Waals surface area contributed by atoms with E-state index in [1.165, 1.54) is 18.2 Å². The number of nitrogens with one attached hydrogen (secondary N) is 1. The maximum Gasteiger partial charge on any atom is 0.251 e. The zero-order chi connectivity index (χ0) is 12.1. The molecule has 0 radical (unpaired) electrons. The Kier molecular flexibility index (Phi) is 4.13. The van der Waals surface area contributed by atoms with Crippen LogP contribution in [-0.2, 0) is 0 Å². The lowest BCUT2D eigenvalue weighted by Crippen LogP contribution is -2.26. The van der Waals surface area contributed by atoms with Crippen molar-refractivity contribution in [3.05, 3.63) is 23.8 Å². The minimum absolute atomic E-state index is 0.108. The minimum Gasteiger partial charge on any atom is -0.506 e. The van der Waals surface area contributed by atoms with Gasteiger partial charge in [0.1, 0.15) is 5.75 Å². The molecule has 0 spiro atoms. The molecule has 88 valence electrons. The van der Waals surface area contributed by atoms with E-state index in [2.05, 4.69) is 5.32 Å². The SMILES string of the molecule is CC(O)CCNC(=O)c1ccc(N)c(O)c1. The van der Waals surface area contributed by atoms with Gasteiger partial charge >= 0.3 is 0 Å². The van der Waals surface area contributed by atoms with Crippen molar-refractivity contribution in [1.82, 2.24) is 5.32 Å². The highest BCUT2D eigenvalue weighted by atomic mass is 16.3. The highest BCUT2D eigenvalue weighted by Gasteiger charge is 2.07. The molecule has 0 bridgehead atoms. The molecule has 5 nitrogen and oxygen atoms in total. The van der Waals surface area contributed by atoms with Gasteiger partial charge in [0.05, 0.1) is 11.8 Å². The number of amides is 1. The van der Waals surface area contributed by atoms with Crippen molar-refractivity contribution in [3.8, 4) is 5.75 Å². The number of hydrogen-bond acceptors (Lipinski definition) is 4. The molecule has 0 aliphatic carbocycles. The monoisotopic (exact) mass is 224 g/mol. The molecule has 5 N–H and O–H groups in total. The van der Waals surface area contributed by atoms with Crippen LogP contribution in [0.2, 0.25) is 0 Å². The quantitative estimate of drug-likeness (QED) is 0.441. The normalized spacial score (nSPS) is 12.1. The molecule has 5 heteroatoms. The number of hydrogen-bond donors (Lipinski definition) is 4. The van der Waals surface area contributed by atoms with Crippen molar-refractivity contribution in [2.24, 2.45) is 0 Å². The number of phenols is 1. The molecule has 16 heavy (non-hydrogen) atoms. The van der Waals surface area contributed by atoms with Gasteiger partial charge < -0.3 is 21.3 Å². The predicted octanol–water partition coefficient (Wildman–Crippen LogP) is 0.475. The minimum atomic E-state index is -0.444. The summed E-state index contributed by atoms with van der Waals surface area (Å²) in [4.78, 5) is 11.5. The number of aliphatic hydroxyl groups is 1. The Bertz CT molecular complexity index is 377. The average Bonchev–Trinajstić information content (AvgIpc) is 2.21. The third kappa shape index (κ3) is 3.43. The van der Waals surface area contributed by atoms with Gasteiger partial charge in [0.25, 0.3) is 5.91 Å². The molecule has 1 rings (SSSR count). The fourth-order valence-corrected chi connectivity index (χ4v) is 1.18. The van der Waals surface area contributed by atoms with Crippen molar-refractivity contribution in [1.29, 1.82) is 0 Å². The van der Waals surface area contributed by atoms with E-state index in [0.717, 1.165) is 0 Å². The van der Waals surface area contributed by atoms with Crippen LogP contribution in [0.25, 0.3) is 0 Å². The van der Waals surface area contributed by atoms with Crippen LogP contribution < -0.4 is 11.1 Å². The molecule has 0 aliphatic rings. The van der Waals surface area contributed by atoms with Crippen LogP contribution in [-0.4, -0.2) is 28.8 Å². The van der Waals surface area contributed by atoms with Gasteiger partial charge in [0.2, 0.25) is 0 Å². The summed E-state index contributed by atoms with van der Waals surface area (Å²) in [5.41, 5.74) is 6.00. The lowest BCUT2D eigenvalue weighted by atomic mass is 10.1. The van der Waals surface area contributed by atoms with Crippen LogP contribution in [0.4, 0.5) is 5.69 Å². The summed E-state index contributed by atoms with van der Waals surface area (Å²) in [6.45, 7) is 2.04. The molecule has 0 aliphatic heterocycles.